The number of carbonyl (C=O) groups is 1. The van der Waals surface area contributed by atoms with Gasteiger partial charge in [0.25, 0.3) is 11.2 Å². The van der Waals surface area contributed by atoms with Gasteiger partial charge in [-0.3, -0.25) is 18.7 Å². The second-order valence-electron chi connectivity index (χ2n) is 6.09. The van der Waals surface area contributed by atoms with Crippen LogP contribution in [-0.4, -0.2) is 30.9 Å². The number of fused-ring (bicyclic) bond motifs is 1. The van der Waals surface area contributed by atoms with Crippen molar-refractivity contribution in [2.45, 2.75) is 18.6 Å². The van der Waals surface area contributed by atoms with Crippen molar-refractivity contribution >= 4 is 28.9 Å². The first-order valence-corrected chi connectivity index (χ1v) is 8.90. The van der Waals surface area contributed by atoms with Crippen LogP contribution in [0.3, 0.4) is 0 Å². The predicted molar refractivity (Wildman–Crippen MR) is 97.6 cm³/mol. The molecule has 0 amide bonds. The Bertz CT molecular complexity index is 1110. The molecule has 1 aromatic carbocycles. The van der Waals surface area contributed by atoms with Gasteiger partial charge in [0, 0.05) is 14.1 Å². The van der Waals surface area contributed by atoms with Gasteiger partial charge < -0.3 is 5.11 Å². The number of rotatable bonds is 5. The second kappa shape index (κ2) is 6.83. The molecule has 0 aliphatic carbocycles. The third-order valence-corrected chi connectivity index (χ3v) is 5.16. The summed E-state index contributed by atoms with van der Waals surface area (Å²) >= 11 is 1.08. The number of thioether (sulfide) groups is 1. The van der Waals surface area contributed by atoms with Crippen LogP contribution in [0.25, 0.3) is 11.2 Å². The number of aromatic nitrogens is 4. The lowest BCUT2D eigenvalue weighted by Crippen LogP contribution is -2.44. The van der Waals surface area contributed by atoms with E-state index in [0.29, 0.717) is 22.9 Å². The van der Waals surface area contributed by atoms with Crippen LogP contribution >= 0.6 is 11.8 Å². The Morgan fingerprint density at radius 1 is 1.19 bits per heavy atom. The van der Waals surface area contributed by atoms with Crippen LogP contribution in [0.15, 0.2) is 39.0 Å². The Kier molecular flexibility index (Phi) is 4.73. The number of aromatic amines is 1. The third kappa shape index (κ3) is 3.17. The van der Waals surface area contributed by atoms with E-state index in [1.807, 2.05) is 31.2 Å². The lowest BCUT2D eigenvalue weighted by molar-refractivity contribution is -0.700. The van der Waals surface area contributed by atoms with E-state index in [9.17, 15) is 14.4 Å². The van der Waals surface area contributed by atoms with Crippen molar-refractivity contribution in [2.24, 2.45) is 14.1 Å². The highest BCUT2D eigenvalue weighted by atomic mass is 32.2. The minimum absolute atomic E-state index is 0.158. The number of nitrogens with one attached hydrogen (secondary N) is 1. The van der Waals surface area contributed by atoms with E-state index in [0.717, 1.165) is 27.5 Å². The maximum absolute atomic E-state index is 12.7. The molecule has 0 radical (unpaired) electrons. The fourth-order valence-corrected chi connectivity index (χ4v) is 3.49. The minimum Gasteiger partial charge on any atom is -0.481 e. The number of H-pyrrole nitrogens is 1. The number of nitrogens with zero attached hydrogens (tertiary/aromatic N) is 3. The molecule has 0 atom stereocenters. The average Bonchev–Trinajstić information content (AvgIpc) is 2.96. The smallest absolute Gasteiger partial charge is 0.333 e. The van der Waals surface area contributed by atoms with Gasteiger partial charge in [0.15, 0.2) is 0 Å². The maximum atomic E-state index is 12.7. The van der Waals surface area contributed by atoms with E-state index in [1.54, 1.807) is 11.6 Å². The summed E-state index contributed by atoms with van der Waals surface area (Å²) in [6.45, 7) is 2.37. The highest BCUT2D eigenvalue weighted by Crippen LogP contribution is 2.16. The maximum Gasteiger partial charge on any atom is 0.333 e. The van der Waals surface area contributed by atoms with E-state index in [4.69, 9.17) is 5.11 Å². The van der Waals surface area contributed by atoms with Crippen molar-refractivity contribution in [1.29, 1.82) is 0 Å². The first kappa shape index (κ1) is 18.0. The van der Waals surface area contributed by atoms with E-state index in [-0.39, 0.29) is 5.75 Å². The molecule has 8 nitrogen and oxygen atoms in total. The van der Waals surface area contributed by atoms with Crippen LogP contribution in [-0.2, 0) is 25.4 Å². The second-order valence-corrected chi connectivity index (χ2v) is 7.05. The lowest BCUT2D eigenvalue weighted by atomic mass is 10.1. The van der Waals surface area contributed by atoms with Crippen LogP contribution in [0.4, 0.5) is 0 Å². The number of hydrogen-bond acceptors (Lipinski definition) is 4. The van der Waals surface area contributed by atoms with Gasteiger partial charge >= 0.3 is 22.4 Å². The molecule has 3 rings (SSSR count). The molecular weight excluding hydrogens is 356 g/mol. The van der Waals surface area contributed by atoms with Crippen LogP contribution in [0.5, 0.6) is 0 Å². The van der Waals surface area contributed by atoms with Gasteiger partial charge in [0.2, 0.25) is 0 Å². The van der Waals surface area contributed by atoms with E-state index in [2.05, 4.69) is 4.98 Å². The molecule has 0 aliphatic rings. The number of hydrogen-bond donors (Lipinski definition) is 2. The molecule has 2 heterocycles. The van der Waals surface area contributed by atoms with Crippen molar-refractivity contribution in [3.63, 3.8) is 0 Å². The first-order valence-electron chi connectivity index (χ1n) is 7.91. The Morgan fingerprint density at radius 3 is 2.46 bits per heavy atom. The van der Waals surface area contributed by atoms with Gasteiger partial charge in [-0.25, -0.2) is 14.3 Å². The summed E-state index contributed by atoms with van der Waals surface area (Å²) < 4.78 is 4.13. The number of carboxylic acid groups (broad SMARTS) is 1. The van der Waals surface area contributed by atoms with E-state index >= 15 is 0 Å². The molecule has 0 saturated heterocycles. The highest BCUT2D eigenvalue weighted by Gasteiger charge is 2.26. The largest absolute Gasteiger partial charge is 0.481 e. The highest BCUT2D eigenvalue weighted by molar-refractivity contribution is 7.99. The number of benzene rings is 1. The molecule has 2 N–H and O–H groups in total. The van der Waals surface area contributed by atoms with E-state index in [1.165, 1.54) is 11.6 Å². The summed E-state index contributed by atoms with van der Waals surface area (Å²) in [6.07, 6.45) is 0. The van der Waals surface area contributed by atoms with Gasteiger partial charge in [-0.05, 0) is 24.2 Å². The van der Waals surface area contributed by atoms with Crippen molar-refractivity contribution in [3.8, 4) is 0 Å². The normalized spacial score (nSPS) is 11.2. The summed E-state index contributed by atoms with van der Waals surface area (Å²) in [7, 11) is 3.00. The first-order chi connectivity index (χ1) is 12.3. The third-order valence-electron chi connectivity index (χ3n) is 4.17. The Morgan fingerprint density at radius 2 is 1.85 bits per heavy atom. The summed E-state index contributed by atoms with van der Waals surface area (Å²) in [6, 6.07) is 7.86. The summed E-state index contributed by atoms with van der Waals surface area (Å²) in [5.74, 6) is -1.12. The number of imidazole rings is 1. The zero-order chi connectivity index (χ0) is 19.0. The number of carboxylic acids is 1. The molecule has 0 bridgehead atoms. The zero-order valence-electron chi connectivity index (χ0n) is 14.6. The number of aliphatic carboxylic acids is 1. The van der Waals surface area contributed by atoms with Gasteiger partial charge in [-0.2, -0.15) is 0 Å². The standard InChI is InChI=1S/C17H18N4O4S/c1-10-4-6-11(7-5-10)8-21-13-14(18-16(21)26-9-12(22)23)19(2)17(25)20(3)15(13)24/h4-7H,8-9H2,1-3H3,(H,22,23)/p+1. The molecule has 3 aromatic rings. The molecule has 0 unspecified atom stereocenters. The predicted octanol–water partition coefficient (Wildman–Crippen LogP) is 0.386. The fourth-order valence-electron chi connectivity index (χ4n) is 2.75. The summed E-state index contributed by atoms with van der Waals surface area (Å²) in [4.78, 5) is 38.9. The zero-order valence-corrected chi connectivity index (χ0v) is 15.5. The van der Waals surface area contributed by atoms with Gasteiger partial charge in [0.1, 0.15) is 12.3 Å². The monoisotopic (exact) mass is 375 g/mol. The van der Waals surface area contributed by atoms with Crippen LogP contribution in [0.2, 0.25) is 0 Å². The fraction of sp³-hybridized carbons (Fsp3) is 0.294. The molecule has 0 fully saturated rings. The van der Waals surface area contributed by atoms with Crippen LogP contribution in [0, 0.1) is 6.92 Å². The van der Waals surface area contributed by atoms with Crippen molar-refractivity contribution in [2.75, 3.05) is 5.75 Å². The topological polar surface area (TPSA) is 101 Å². The quantitative estimate of drug-likeness (QED) is 0.496. The molecule has 2 aromatic heterocycles. The average molecular weight is 375 g/mol. The molecular formula is C17H19N4O4S+. The molecule has 0 aliphatic heterocycles. The minimum atomic E-state index is -0.961. The van der Waals surface area contributed by atoms with Crippen molar-refractivity contribution in [3.05, 3.63) is 56.2 Å². The molecule has 9 heteroatoms. The Labute approximate surface area is 152 Å². The van der Waals surface area contributed by atoms with Crippen molar-refractivity contribution in [1.82, 2.24) is 14.1 Å². The molecule has 136 valence electrons. The molecule has 26 heavy (non-hydrogen) atoms. The van der Waals surface area contributed by atoms with Gasteiger partial charge in [-0.15, -0.1) is 0 Å². The Balaban J connectivity index is 2.23. The van der Waals surface area contributed by atoms with Crippen LogP contribution in [0.1, 0.15) is 11.1 Å². The van der Waals surface area contributed by atoms with Gasteiger partial charge in [-0.1, -0.05) is 29.8 Å². The summed E-state index contributed by atoms with van der Waals surface area (Å²) in [5.41, 5.74) is 1.93. The molecule has 0 spiro atoms. The Hall–Kier alpha value is -2.81. The number of aryl methyl sites for hydroxylation is 2. The lowest BCUT2D eigenvalue weighted by Gasteiger charge is -2.04. The SMILES string of the molecule is Cc1ccc(C[n+]2c(SCC(=O)O)[nH]c3c2c(=O)n(C)c(=O)n3C)cc1. The summed E-state index contributed by atoms with van der Waals surface area (Å²) in [5, 5.41) is 9.51. The van der Waals surface area contributed by atoms with Crippen molar-refractivity contribution < 1.29 is 14.5 Å². The van der Waals surface area contributed by atoms with Crippen LogP contribution < -0.4 is 15.8 Å². The molecule has 0 saturated carbocycles. The van der Waals surface area contributed by atoms with Gasteiger partial charge in [0.05, 0.1) is 0 Å². The van der Waals surface area contributed by atoms with E-state index < -0.39 is 17.2 Å².